The SMILES string of the molecule is CC[C@@H]1[C@H](/C=C/[C@@H](O)C/C=C\CCCCC(=O)O)[C@@H](O)C[C@H]1O. The smallest absolute Gasteiger partial charge is 0.303 e. The summed E-state index contributed by atoms with van der Waals surface area (Å²) in [4.78, 5) is 10.4. The Balaban J connectivity index is 2.27. The van der Waals surface area contributed by atoms with Crippen LogP contribution in [0, 0.1) is 11.8 Å². The maximum absolute atomic E-state index is 10.4. The first-order chi connectivity index (χ1) is 11.0. The second-order valence-electron chi connectivity index (χ2n) is 6.32. The molecule has 4 N–H and O–H groups in total. The van der Waals surface area contributed by atoms with Crippen LogP contribution < -0.4 is 0 Å². The van der Waals surface area contributed by atoms with Gasteiger partial charge in [-0.3, -0.25) is 4.79 Å². The Bertz CT molecular complexity index is 404. The van der Waals surface area contributed by atoms with Crippen LogP contribution in [0.4, 0.5) is 0 Å². The highest BCUT2D eigenvalue weighted by molar-refractivity contribution is 5.66. The highest BCUT2D eigenvalue weighted by Crippen LogP contribution is 2.35. The summed E-state index contributed by atoms with van der Waals surface area (Å²) in [6.45, 7) is 2.00. The molecule has 5 heteroatoms. The molecule has 5 atom stereocenters. The van der Waals surface area contributed by atoms with E-state index in [1.807, 2.05) is 25.2 Å². The first-order valence-electron chi connectivity index (χ1n) is 8.55. The van der Waals surface area contributed by atoms with Gasteiger partial charge in [0.15, 0.2) is 0 Å². The highest BCUT2D eigenvalue weighted by atomic mass is 16.4. The van der Waals surface area contributed by atoms with Crippen molar-refractivity contribution in [1.82, 2.24) is 0 Å². The molecule has 0 aliphatic heterocycles. The molecule has 0 aromatic rings. The largest absolute Gasteiger partial charge is 0.481 e. The van der Waals surface area contributed by atoms with Crippen LogP contribution in [0.3, 0.4) is 0 Å². The van der Waals surface area contributed by atoms with Crippen LogP contribution >= 0.6 is 0 Å². The number of carboxylic acid groups (broad SMARTS) is 1. The maximum atomic E-state index is 10.4. The quantitative estimate of drug-likeness (QED) is 0.365. The van der Waals surface area contributed by atoms with Crippen molar-refractivity contribution in [1.29, 1.82) is 0 Å². The minimum Gasteiger partial charge on any atom is -0.481 e. The van der Waals surface area contributed by atoms with Crippen molar-refractivity contribution in [2.75, 3.05) is 0 Å². The zero-order valence-corrected chi connectivity index (χ0v) is 13.8. The number of aliphatic hydroxyl groups excluding tert-OH is 3. The van der Waals surface area contributed by atoms with Gasteiger partial charge in [0.2, 0.25) is 0 Å². The van der Waals surface area contributed by atoms with Gasteiger partial charge >= 0.3 is 5.97 Å². The van der Waals surface area contributed by atoms with Gasteiger partial charge in [0.05, 0.1) is 18.3 Å². The van der Waals surface area contributed by atoms with Crippen molar-refractivity contribution in [3.63, 3.8) is 0 Å². The lowest BCUT2D eigenvalue weighted by Gasteiger charge is -2.19. The number of hydrogen-bond donors (Lipinski definition) is 4. The van der Waals surface area contributed by atoms with Gasteiger partial charge in [-0.15, -0.1) is 0 Å². The number of allylic oxidation sites excluding steroid dienone is 1. The molecule has 0 heterocycles. The number of hydrogen-bond acceptors (Lipinski definition) is 4. The Morgan fingerprint density at radius 2 is 1.96 bits per heavy atom. The molecular weight excluding hydrogens is 296 g/mol. The third-order valence-corrected chi connectivity index (χ3v) is 4.50. The van der Waals surface area contributed by atoms with E-state index in [2.05, 4.69) is 0 Å². The third kappa shape index (κ3) is 7.29. The third-order valence-electron chi connectivity index (χ3n) is 4.50. The standard InChI is InChI=1S/C18H30O5/c1-2-14-15(17(21)12-16(14)20)11-10-13(19)8-6-4-3-5-7-9-18(22)23/h4,6,10-11,13-17,19-21H,2-3,5,7-9,12H2,1H3,(H,22,23)/b6-4-,11-10+/t13-,14+,15-,16+,17-/m0/s1. The van der Waals surface area contributed by atoms with E-state index < -0.39 is 24.3 Å². The second kappa shape index (κ2) is 10.6. The molecule has 1 aliphatic carbocycles. The van der Waals surface area contributed by atoms with Gasteiger partial charge in [0.1, 0.15) is 0 Å². The summed E-state index contributed by atoms with van der Waals surface area (Å²) in [7, 11) is 0. The fraction of sp³-hybridized carbons (Fsp3) is 0.722. The average Bonchev–Trinajstić information content (AvgIpc) is 2.76. The van der Waals surface area contributed by atoms with Crippen molar-refractivity contribution in [2.24, 2.45) is 11.8 Å². The summed E-state index contributed by atoms with van der Waals surface area (Å²) >= 11 is 0. The normalized spacial score (nSPS) is 29.6. The molecule has 1 aliphatic rings. The Hall–Kier alpha value is -1.17. The zero-order valence-electron chi connectivity index (χ0n) is 13.8. The monoisotopic (exact) mass is 326 g/mol. The lowest BCUT2D eigenvalue weighted by atomic mass is 9.90. The van der Waals surface area contributed by atoms with E-state index in [0.717, 1.165) is 19.3 Å². The van der Waals surface area contributed by atoms with Crippen LogP contribution in [0.5, 0.6) is 0 Å². The van der Waals surface area contributed by atoms with Crippen molar-refractivity contribution in [3.8, 4) is 0 Å². The van der Waals surface area contributed by atoms with Crippen LogP contribution in [0.2, 0.25) is 0 Å². The van der Waals surface area contributed by atoms with Crippen molar-refractivity contribution < 1.29 is 25.2 Å². The Morgan fingerprint density at radius 3 is 2.61 bits per heavy atom. The van der Waals surface area contributed by atoms with E-state index in [1.54, 1.807) is 6.08 Å². The zero-order chi connectivity index (χ0) is 17.2. The first-order valence-corrected chi connectivity index (χ1v) is 8.55. The number of carboxylic acids is 1. The van der Waals surface area contributed by atoms with E-state index in [9.17, 15) is 20.1 Å². The molecule has 1 rings (SSSR count). The van der Waals surface area contributed by atoms with Gasteiger partial charge in [-0.1, -0.05) is 37.6 Å². The van der Waals surface area contributed by atoms with Crippen molar-refractivity contribution >= 4 is 5.97 Å². The number of unbranched alkanes of at least 4 members (excludes halogenated alkanes) is 2. The predicted molar refractivity (Wildman–Crippen MR) is 88.9 cm³/mol. The predicted octanol–water partition coefficient (Wildman–Crippen LogP) is 2.26. The van der Waals surface area contributed by atoms with Crippen LogP contribution in [-0.2, 0) is 4.79 Å². The summed E-state index contributed by atoms with van der Waals surface area (Å²) in [6.07, 6.45) is 10.0. The van der Waals surface area contributed by atoms with Crippen LogP contribution in [0.1, 0.15) is 51.9 Å². The molecular formula is C18H30O5. The summed E-state index contributed by atoms with van der Waals surface area (Å²) < 4.78 is 0. The molecule has 0 amide bonds. The topological polar surface area (TPSA) is 98.0 Å². The van der Waals surface area contributed by atoms with Gasteiger partial charge in [0, 0.05) is 18.8 Å². The van der Waals surface area contributed by atoms with Crippen molar-refractivity contribution in [2.45, 2.75) is 70.2 Å². The molecule has 0 bridgehead atoms. The molecule has 1 saturated carbocycles. The molecule has 23 heavy (non-hydrogen) atoms. The summed E-state index contributed by atoms with van der Waals surface area (Å²) in [5.41, 5.74) is 0. The average molecular weight is 326 g/mol. The molecule has 0 spiro atoms. The Labute approximate surface area is 138 Å². The molecule has 5 nitrogen and oxygen atoms in total. The fourth-order valence-electron chi connectivity index (χ4n) is 3.16. The summed E-state index contributed by atoms with van der Waals surface area (Å²) in [5.74, 6) is -0.804. The van der Waals surface area contributed by atoms with E-state index >= 15 is 0 Å². The van der Waals surface area contributed by atoms with E-state index in [0.29, 0.717) is 19.3 Å². The number of carbonyl (C=O) groups is 1. The molecule has 0 saturated heterocycles. The molecule has 0 unspecified atom stereocenters. The lowest BCUT2D eigenvalue weighted by Crippen LogP contribution is -2.20. The summed E-state index contributed by atoms with van der Waals surface area (Å²) in [6, 6.07) is 0. The number of aliphatic hydroxyl groups is 3. The van der Waals surface area contributed by atoms with Gasteiger partial charge in [0.25, 0.3) is 0 Å². The second-order valence-corrected chi connectivity index (χ2v) is 6.32. The molecule has 0 aromatic carbocycles. The number of aliphatic carboxylic acids is 1. The van der Waals surface area contributed by atoms with Crippen molar-refractivity contribution in [3.05, 3.63) is 24.3 Å². The van der Waals surface area contributed by atoms with Crippen LogP contribution in [-0.4, -0.2) is 44.7 Å². The van der Waals surface area contributed by atoms with Gasteiger partial charge in [-0.25, -0.2) is 0 Å². The molecule has 132 valence electrons. The first kappa shape index (κ1) is 19.9. The Kier molecular flexibility index (Phi) is 9.14. The molecule has 1 fully saturated rings. The lowest BCUT2D eigenvalue weighted by molar-refractivity contribution is -0.137. The molecule has 0 aromatic heterocycles. The Morgan fingerprint density at radius 1 is 1.22 bits per heavy atom. The minimum absolute atomic E-state index is 0.0539. The minimum atomic E-state index is -0.765. The highest BCUT2D eigenvalue weighted by Gasteiger charge is 2.38. The summed E-state index contributed by atoms with van der Waals surface area (Å²) in [5, 5.41) is 38.3. The van der Waals surface area contributed by atoms with Crippen LogP contribution in [0.25, 0.3) is 0 Å². The van der Waals surface area contributed by atoms with Gasteiger partial charge < -0.3 is 20.4 Å². The number of rotatable bonds is 10. The van der Waals surface area contributed by atoms with Gasteiger partial charge in [-0.05, 0) is 31.6 Å². The van der Waals surface area contributed by atoms with Crippen LogP contribution in [0.15, 0.2) is 24.3 Å². The van der Waals surface area contributed by atoms with Gasteiger partial charge in [-0.2, -0.15) is 0 Å². The fourth-order valence-corrected chi connectivity index (χ4v) is 3.16. The van der Waals surface area contributed by atoms with E-state index in [1.165, 1.54) is 0 Å². The van der Waals surface area contributed by atoms with E-state index in [-0.39, 0.29) is 18.3 Å². The van der Waals surface area contributed by atoms with E-state index in [4.69, 9.17) is 5.11 Å². The molecule has 0 radical (unpaired) electrons. The maximum Gasteiger partial charge on any atom is 0.303 e.